The van der Waals surface area contributed by atoms with Gasteiger partial charge in [-0.2, -0.15) is 0 Å². The summed E-state index contributed by atoms with van der Waals surface area (Å²) in [6.45, 7) is 11.7. The van der Waals surface area contributed by atoms with Crippen LogP contribution < -0.4 is 15.2 Å². The molecular formula is C15H23NO3. The van der Waals surface area contributed by atoms with Crippen molar-refractivity contribution in [3.05, 3.63) is 23.8 Å². The van der Waals surface area contributed by atoms with Crippen LogP contribution in [0.1, 0.15) is 51.9 Å². The summed E-state index contributed by atoms with van der Waals surface area (Å²) in [5.41, 5.74) is 4.97. The number of amides is 1. The molecule has 4 nitrogen and oxygen atoms in total. The Kier molecular flexibility index (Phi) is 4.13. The van der Waals surface area contributed by atoms with E-state index in [1.165, 1.54) is 0 Å². The Morgan fingerprint density at radius 2 is 1.42 bits per heavy atom. The maximum Gasteiger partial charge on any atom is 0.248 e. The Bertz CT molecular complexity index is 467. The maximum absolute atomic E-state index is 11.2. The Hall–Kier alpha value is -1.71. The largest absolute Gasteiger partial charge is 0.484 e. The zero-order valence-electron chi connectivity index (χ0n) is 12.5. The Labute approximate surface area is 114 Å². The first-order valence-electron chi connectivity index (χ1n) is 6.30. The summed E-state index contributed by atoms with van der Waals surface area (Å²) in [5, 5.41) is 0. The summed E-state index contributed by atoms with van der Waals surface area (Å²) in [5.74, 6) is 0.646. The van der Waals surface area contributed by atoms with Gasteiger partial charge in [0.2, 0.25) is 5.91 Å². The molecule has 4 heteroatoms. The van der Waals surface area contributed by atoms with E-state index >= 15 is 0 Å². The smallest absolute Gasteiger partial charge is 0.248 e. The second-order valence-electron chi connectivity index (χ2n) is 6.45. The minimum Gasteiger partial charge on any atom is -0.484 e. The minimum absolute atomic E-state index is 0.343. The average Bonchev–Trinajstić information content (AvgIpc) is 2.15. The average molecular weight is 265 g/mol. The number of ether oxygens (including phenoxy) is 2. The van der Waals surface area contributed by atoms with Crippen molar-refractivity contribution in [2.75, 3.05) is 0 Å². The van der Waals surface area contributed by atoms with Crippen LogP contribution in [0.2, 0.25) is 0 Å². The number of carbonyl (C=O) groups excluding carboxylic acids is 1. The molecule has 0 heterocycles. The van der Waals surface area contributed by atoms with E-state index in [-0.39, 0.29) is 11.2 Å². The lowest BCUT2D eigenvalue weighted by atomic mass is 10.1. The molecule has 2 N–H and O–H groups in total. The molecule has 1 aromatic carbocycles. The van der Waals surface area contributed by atoms with Crippen molar-refractivity contribution in [3.8, 4) is 11.5 Å². The summed E-state index contributed by atoms with van der Waals surface area (Å²) >= 11 is 0. The summed E-state index contributed by atoms with van der Waals surface area (Å²) < 4.78 is 11.7. The second kappa shape index (κ2) is 5.11. The third kappa shape index (κ3) is 5.20. The second-order valence-corrected chi connectivity index (χ2v) is 6.45. The van der Waals surface area contributed by atoms with Gasteiger partial charge in [0.05, 0.1) is 0 Å². The molecule has 0 atom stereocenters. The van der Waals surface area contributed by atoms with Crippen LogP contribution >= 0.6 is 0 Å². The van der Waals surface area contributed by atoms with Crippen LogP contribution in [-0.4, -0.2) is 17.1 Å². The highest BCUT2D eigenvalue weighted by Crippen LogP contribution is 2.33. The van der Waals surface area contributed by atoms with E-state index in [2.05, 4.69) is 0 Å². The molecule has 0 unspecified atom stereocenters. The fraction of sp³-hybridized carbons (Fsp3) is 0.533. The lowest BCUT2D eigenvalue weighted by Crippen LogP contribution is -2.26. The lowest BCUT2D eigenvalue weighted by Gasteiger charge is -2.27. The third-order valence-corrected chi connectivity index (χ3v) is 2.06. The van der Waals surface area contributed by atoms with Crippen LogP contribution in [-0.2, 0) is 0 Å². The zero-order chi connectivity index (χ0) is 14.8. The molecule has 0 saturated heterocycles. The first-order chi connectivity index (χ1) is 8.48. The van der Waals surface area contributed by atoms with Crippen molar-refractivity contribution in [1.29, 1.82) is 0 Å². The van der Waals surface area contributed by atoms with Gasteiger partial charge >= 0.3 is 0 Å². The van der Waals surface area contributed by atoms with Crippen molar-refractivity contribution < 1.29 is 14.3 Å². The van der Waals surface area contributed by atoms with Crippen LogP contribution in [0.25, 0.3) is 0 Å². The van der Waals surface area contributed by atoms with E-state index in [9.17, 15) is 4.79 Å². The fourth-order valence-corrected chi connectivity index (χ4v) is 1.49. The van der Waals surface area contributed by atoms with Gasteiger partial charge in [-0.1, -0.05) is 0 Å². The van der Waals surface area contributed by atoms with Crippen molar-refractivity contribution in [1.82, 2.24) is 0 Å². The number of nitrogens with two attached hydrogens (primary N) is 1. The predicted molar refractivity (Wildman–Crippen MR) is 75.7 cm³/mol. The van der Waals surface area contributed by atoms with Gasteiger partial charge in [0.1, 0.15) is 11.2 Å². The molecule has 1 rings (SSSR count). The SMILES string of the molecule is CC(C)(C)Oc1ccc(C(N)=O)cc1OC(C)(C)C. The van der Waals surface area contributed by atoms with E-state index in [0.29, 0.717) is 17.1 Å². The molecule has 0 aliphatic heterocycles. The Morgan fingerprint density at radius 3 is 1.84 bits per heavy atom. The normalized spacial score (nSPS) is 12.1. The highest BCUT2D eigenvalue weighted by atomic mass is 16.5. The van der Waals surface area contributed by atoms with Crippen molar-refractivity contribution >= 4 is 5.91 Å². The molecule has 106 valence electrons. The van der Waals surface area contributed by atoms with Crippen LogP contribution in [0.3, 0.4) is 0 Å². The van der Waals surface area contributed by atoms with Gasteiger partial charge in [0, 0.05) is 5.56 Å². The first-order valence-corrected chi connectivity index (χ1v) is 6.30. The fourth-order valence-electron chi connectivity index (χ4n) is 1.49. The molecule has 1 aromatic rings. The van der Waals surface area contributed by atoms with Gasteiger partial charge in [-0.25, -0.2) is 0 Å². The summed E-state index contributed by atoms with van der Waals surface area (Å²) in [4.78, 5) is 11.2. The molecule has 1 amide bonds. The van der Waals surface area contributed by atoms with Crippen LogP contribution in [0.5, 0.6) is 11.5 Å². The summed E-state index contributed by atoms with van der Waals surface area (Å²) in [7, 11) is 0. The van der Waals surface area contributed by atoms with E-state index in [1.54, 1.807) is 18.2 Å². The maximum atomic E-state index is 11.2. The standard InChI is InChI=1S/C15H23NO3/c1-14(2,3)18-11-8-7-10(13(16)17)9-12(11)19-15(4,5)6/h7-9H,1-6H3,(H2,16,17). The molecule has 0 fully saturated rings. The monoisotopic (exact) mass is 265 g/mol. The van der Waals surface area contributed by atoms with Crippen LogP contribution in [0.15, 0.2) is 18.2 Å². The van der Waals surface area contributed by atoms with Gasteiger partial charge in [0.15, 0.2) is 11.5 Å². The Morgan fingerprint density at radius 1 is 0.947 bits per heavy atom. The molecule has 0 aromatic heterocycles. The first kappa shape index (κ1) is 15.3. The van der Waals surface area contributed by atoms with Gasteiger partial charge < -0.3 is 15.2 Å². The molecule has 0 aliphatic carbocycles. The summed E-state index contributed by atoms with van der Waals surface area (Å²) in [6, 6.07) is 4.97. The lowest BCUT2D eigenvalue weighted by molar-refractivity contribution is 0.0944. The number of hydrogen-bond acceptors (Lipinski definition) is 3. The number of rotatable bonds is 3. The molecule has 0 bridgehead atoms. The van der Waals surface area contributed by atoms with Gasteiger partial charge in [0.25, 0.3) is 0 Å². The van der Waals surface area contributed by atoms with Crippen molar-refractivity contribution in [2.24, 2.45) is 5.73 Å². The molecule has 0 saturated carbocycles. The molecule has 0 aliphatic rings. The molecule has 0 radical (unpaired) electrons. The van der Waals surface area contributed by atoms with Crippen LogP contribution in [0.4, 0.5) is 0 Å². The van der Waals surface area contributed by atoms with Gasteiger partial charge in [-0.05, 0) is 59.7 Å². The van der Waals surface area contributed by atoms with Gasteiger partial charge in [-0.15, -0.1) is 0 Å². The third-order valence-electron chi connectivity index (χ3n) is 2.06. The van der Waals surface area contributed by atoms with Crippen molar-refractivity contribution in [2.45, 2.75) is 52.7 Å². The van der Waals surface area contributed by atoms with E-state index in [0.717, 1.165) is 0 Å². The molecule has 0 spiro atoms. The molecule has 19 heavy (non-hydrogen) atoms. The van der Waals surface area contributed by atoms with Gasteiger partial charge in [-0.3, -0.25) is 4.79 Å². The van der Waals surface area contributed by atoms with E-state index in [1.807, 2.05) is 41.5 Å². The highest BCUT2D eigenvalue weighted by molar-refractivity contribution is 5.93. The van der Waals surface area contributed by atoms with Crippen molar-refractivity contribution in [3.63, 3.8) is 0 Å². The quantitative estimate of drug-likeness (QED) is 0.913. The minimum atomic E-state index is -0.485. The number of carbonyl (C=O) groups is 1. The Balaban J connectivity index is 3.19. The molecular weight excluding hydrogens is 242 g/mol. The predicted octanol–water partition coefficient (Wildman–Crippen LogP) is 3.14. The van der Waals surface area contributed by atoms with Crippen LogP contribution in [0, 0.1) is 0 Å². The highest BCUT2D eigenvalue weighted by Gasteiger charge is 2.20. The van der Waals surface area contributed by atoms with E-state index in [4.69, 9.17) is 15.2 Å². The number of hydrogen-bond donors (Lipinski definition) is 1. The zero-order valence-corrected chi connectivity index (χ0v) is 12.5. The topological polar surface area (TPSA) is 61.5 Å². The number of primary amides is 1. The number of benzene rings is 1. The van der Waals surface area contributed by atoms with E-state index < -0.39 is 5.91 Å². The summed E-state index contributed by atoms with van der Waals surface area (Å²) in [6.07, 6.45) is 0.